The molecule has 1 heterocycles. The zero-order valence-electron chi connectivity index (χ0n) is 15.3. The Bertz CT molecular complexity index is 674. The highest BCUT2D eigenvalue weighted by Crippen LogP contribution is 2.51. The molecule has 25 heavy (non-hydrogen) atoms. The number of thioether (sulfide) groups is 1. The minimum absolute atomic E-state index is 0.0807. The summed E-state index contributed by atoms with van der Waals surface area (Å²) >= 11 is 1.75. The third-order valence-electron chi connectivity index (χ3n) is 6.46. The maximum absolute atomic E-state index is 12.6. The number of carbonyl (C=O) groups excluding carboxylic acids is 1. The molecule has 1 amide bonds. The monoisotopic (exact) mass is 356 g/mol. The van der Waals surface area contributed by atoms with Crippen molar-refractivity contribution in [1.29, 1.82) is 0 Å². The number of carbonyl (C=O) groups is 1. The average molecular weight is 357 g/mol. The van der Waals surface area contributed by atoms with Crippen LogP contribution < -0.4 is 4.90 Å². The van der Waals surface area contributed by atoms with Crippen molar-refractivity contribution in [1.82, 2.24) is 0 Å². The number of nitrogens with zero attached hydrogens (tertiary/aromatic N) is 2. The number of aliphatic imine (C=N–C) groups is 1. The molecule has 3 nitrogen and oxygen atoms in total. The van der Waals surface area contributed by atoms with Crippen LogP contribution in [-0.4, -0.2) is 29.3 Å². The van der Waals surface area contributed by atoms with E-state index in [-0.39, 0.29) is 10.7 Å². The summed E-state index contributed by atoms with van der Waals surface area (Å²) in [5.74, 6) is 2.73. The largest absolute Gasteiger partial charge is 0.375 e. The number of benzene rings is 1. The van der Waals surface area contributed by atoms with Crippen molar-refractivity contribution in [2.24, 2.45) is 22.7 Å². The lowest BCUT2D eigenvalue weighted by molar-refractivity contribution is -0.119. The first-order valence-corrected chi connectivity index (χ1v) is 10.4. The molecular formula is C21H28N2OS. The fraction of sp³-hybridized carbons (Fsp3) is 0.619. The Labute approximate surface area is 155 Å². The van der Waals surface area contributed by atoms with Gasteiger partial charge in [-0.05, 0) is 68.9 Å². The van der Waals surface area contributed by atoms with E-state index >= 15 is 0 Å². The van der Waals surface area contributed by atoms with Crippen LogP contribution in [0.25, 0.3) is 0 Å². The predicted molar refractivity (Wildman–Crippen MR) is 106 cm³/mol. The van der Waals surface area contributed by atoms with Gasteiger partial charge in [0.25, 0.3) is 5.91 Å². The molecule has 134 valence electrons. The molecule has 4 atom stereocenters. The van der Waals surface area contributed by atoms with Crippen LogP contribution in [0.3, 0.4) is 0 Å². The molecule has 0 N–H and O–H groups in total. The molecule has 1 aliphatic heterocycles. The maximum Gasteiger partial charge on any atom is 0.262 e. The average Bonchev–Trinajstić information content (AvgIpc) is 3.29. The first-order chi connectivity index (χ1) is 12.0. The fourth-order valence-corrected chi connectivity index (χ4v) is 6.12. The second kappa shape index (κ2) is 6.79. The number of hydrogen-bond donors (Lipinski definition) is 0. The van der Waals surface area contributed by atoms with Gasteiger partial charge in [0.1, 0.15) is 4.75 Å². The van der Waals surface area contributed by atoms with Crippen LogP contribution in [-0.2, 0) is 4.79 Å². The Kier molecular flexibility index (Phi) is 4.65. The summed E-state index contributed by atoms with van der Waals surface area (Å²) in [5.41, 5.74) is 1.20. The number of anilines is 1. The van der Waals surface area contributed by atoms with Crippen molar-refractivity contribution in [2.75, 3.05) is 18.5 Å². The Morgan fingerprint density at radius 1 is 1.24 bits per heavy atom. The molecule has 2 saturated carbocycles. The molecule has 0 aromatic heterocycles. The highest BCUT2D eigenvalue weighted by atomic mass is 32.2. The number of rotatable bonds is 6. The van der Waals surface area contributed by atoms with Crippen molar-refractivity contribution in [3.8, 4) is 0 Å². The molecule has 2 bridgehead atoms. The number of para-hydroxylation sites is 1. The van der Waals surface area contributed by atoms with Crippen LogP contribution in [0.15, 0.2) is 35.3 Å². The van der Waals surface area contributed by atoms with Crippen LogP contribution >= 0.6 is 11.8 Å². The summed E-state index contributed by atoms with van der Waals surface area (Å²) < 4.78 is -0.379. The van der Waals surface area contributed by atoms with Gasteiger partial charge in [-0.2, -0.15) is 0 Å². The smallest absolute Gasteiger partial charge is 0.262 e. The van der Waals surface area contributed by atoms with Crippen LogP contribution in [0.5, 0.6) is 0 Å². The Morgan fingerprint density at radius 2 is 2.04 bits per heavy atom. The number of hydrogen-bond acceptors (Lipinski definition) is 3. The van der Waals surface area contributed by atoms with Gasteiger partial charge in [-0.15, -0.1) is 0 Å². The molecule has 3 aliphatic rings. The highest BCUT2D eigenvalue weighted by molar-refractivity contribution is 8.16. The molecule has 0 saturated heterocycles. The first-order valence-electron chi connectivity index (χ1n) is 9.61. The third kappa shape index (κ3) is 3.51. The van der Waals surface area contributed by atoms with Gasteiger partial charge in [0.15, 0.2) is 0 Å². The maximum atomic E-state index is 12.6. The van der Waals surface area contributed by atoms with E-state index in [0.717, 1.165) is 42.2 Å². The minimum Gasteiger partial charge on any atom is -0.375 e. The van der Waals surface area contributed by atoms with E-state index in [1.165, 1.54) is 31.4 Å². The molecule has 2 fully saturated rings. The lowest BCUT2D eigenvalue weighted by Crippen LogP contribution is -2.32. The summed E-state index contributed by atoms with van der Waals surface area (Å²) in [4.78, 5) is 19.3. The summed E-state index contributed by atoms with van der Waals surface area (Å²) in [6.45, 7) is 2.95. The van der Waals surface area contributed by atoms with Gasteiger partial charge < -0.3 is 4.90 Å². The van der Waals surface area contributed by atoms with E-state index in [2.05, 4.69) is 48.1 Å². The van der Waals surface area contributed by atoms with Gasteiger partial charge in [0.05, 0.1) is 5.04 Å². The van der Waals surface area contributed by atoms with E-state index < -0.39 is 0 Å². The normalized spacial score (nSPS) is 33.8. The lowest BCUT2D eigenvalue weighted by Gasteiger charge is -2.26. The highest BCUT2D eigenvalue weighted by Gasteiger charge is 2.44. The summed E-state index contributed by atoms with van der Waals surface area (Å²) in [6.07, 6.45) is 7.51. The standard InChI is InChI=1S/C21H28N2OS/c1-21(10-11-23(2)18-6-4-3-5-7-18)20(24)22-19(25-21)14-17-13-15-8-9-16(17)12-15/h3-7,15-17H,8-14H2,1-2H3. The second-order valence-electron chi connectivity index (χ2n) is 8.29. The molecule has 4 heteroatoms. The predicted octanol–water partition coefficient (Wildman–Crippen LogP) is 4.77. The van der Waals surface area contributed by atoms with Crippen LogP contribution in [0.1, 0.15) is 45.4 Å². The van der Waals surface area contributed by atoms with Gasteiger partial charge >= 0.3 is 0 Å². The lowest BCUT2D eigenvalue weighted by atomic mass is 9.87. The van der Waals surface area contributed by atoms with E-state index in [0.29, 0.717) is 0 Å². The SMILES string of the molecule is CN(CCC1(C)SC(CC2CC3CCC2C3)=NC1=O)c1ccccc1. The fourth-order valence-electron chi connectivity index (χ4n) is 4.85. The Hall–Kier alpha value is -1.29. The van der Waals surface area contributed by atoms with Gasteiger partial charge in [0.2, 0.25) is 0 Å². The zero-order valence-corrected chi connectivity index (χ0v) is 16.1. The quantitative estimate of drug-likeness (QED) is 0.736. The van der Waals surface area contributed by atoms with Crippen molar-refractivity contribution in [2.45, 2.75) is 50.2 Å². The van der Waals surface area contributed by atoms with E-state index in [4.69, 9.17) is 0 Å². The van der Waals surface area contributed by atoms with Gasteiger partial charge in [-0.3, -0.25) is 4.79 Å². The van der Waals surface area contributed by atoms with Crippen molar-refractivity contribution in [3.05, 3.63) is 30.3 Å². The third-order valence-corrected chi connectivity index (χ3v) is 7.79. The molecular weight excluding hydrogens is 328 g/mol. The number of amides is 1. The van der Waals surface area contributed by atoms with Gasteiger partial charge in [0, 0.05) is 19.3 Å². The summed E-state index contributed by atoms with van der Waals surface area (Å²) in [7, 11) is 2.10. The number of fused-ring (bicyclic) bond motifs is 2. The second-order valence-corrected chi connectivity index (χ2v) is 9.87. The van der Waals surface area contributed by atoms with Crippen molar-refractivity contribution < 1.29 is 4.79 Å². The van der Waals surface area contributed by atoms with E-state index in [9.17, 15) is 4.79 Å². The molecule has 0 radical (unpaired) electrons. The molecule has 2 aliphatic carbocycles. The first kappa shape index (κ1) is 17.1. The van der Waals surface area contributed by atoms with Gasteiger partial charge in [-0.25, -0.2) is 4.99 Å². The Balaban J connectivity index is 1.33. The molecule has 0 spiro atoms. The topological polar surface area (TPSA) is 32.7 Å². The van der Waals surface area contributed by atoms with Crippen LogP contribution in [0.4, 0.5) is 5.69 Å². The van der Waals surface area contributed by atoms with E-state index in [1.807, 2.05) is 6.07 Å². The van der Waals surface area contributed by atoms with Crippen molar-refractivity contribution >= 4 is 28.4 Å². The van der Waals surface area contributed by atoms with Crippen molar-refractivity contribution in [3.63, 3.8) is 0 Å². The van der Waals surface area contributed by atoms with Crippen LogP contribution in [0, 0.1) is 17.8 Å². The molecule has 1 aromatic carbocycles. The molecule has 4 unspecified atom stereocenters. The minimum atomic E-state index is -0.379. The van der Waals surface area contributed by atoms with E-state index in [1.54, 1.807) is 11.8 Å². The van der Waals surface area contributed by atoms with Crippen LogP contribution in [0.2, 0.25) is 0 Å². The molecule has 4 rings (SSSR count). The molecule has 1 aromatic rings. The summed E-state index contributed by atoms with van der Waals surface area (Å²) in [5, 5.41) is 1.10. The Morgan fingerprint density at radius 3 is 2.72 bits per heavy atom. The summed E-state index contributed by atoms with van der Waals surface area (Å²) in [6, 6.07) is 10.4. The van der Waals surface area contributed by atoms with Gasteiger partial charge in [-0.1, -0.05) is 36.4 Å². The zero-order chi connectivity index (χ0) is 17.4.